The molecule has 0 spiro atoms. The topological polar surface area (TPSA) is 66.5 Å². The highest BCUT2D eigenvalue weighted by molar-refractivity contribution is 7.09. The minimum absolute atomic E-state index is 0.196. The number of nitrogens with one attached hydrogen (secondary N) is 2. The zero-order valence-electron chi connectivity index (χ0n) is 9.40. The average Bonchev–Trinajstić information content (AvgIpc) is 2.89. The molecule has 1 unspecified atom stereocenters. The van der Waals surface area contributed by atoms with Crippen LogP contribution < -0.4 is 5.32 Å². The quantitative estimate of drug-likeness (QED) is 0.838. The van der Waals surface area contributed by atoms with Crippen molar-refractivity contribution in [2.75, 3.05) is 5.32 Å². The molecular formula is C10H15N5S. The molecule has 0 aliphatic carbocycles. The van der Waals surface area contributed by atoms with E-state index in [0.717, 1.165) is 29.4 Å². The summed E-state index contributed by atoms with van der Waals surface area (Å²) in [6.07, 6.45) is 5.71. The molecule has 0 saturated carbocycles. The van der Waals surface area contributed by atoms with Crippen LogP contribution in [0.15, 0.2) is 12.4 Å². The van der Waals surface area contributed by atoms with Gasteiger partial charge in [-0.3, -0.25) is 5.10 Å². The summed E-state index contributed by atoms with van der Waals surface area (Å²) in [6, 6.07) is 0.196. The van der Waals surface area contributed by atoms with Gasteiger partial charge in [-0.15, -0.1) is 0 Å². The van der Waals surface area contributed by atoms with E-state index >= 15 is 0 Å². The normalized spacial score (nSPS) is 12.6. The van der Waals surface area contributed by atoms with E-state index in [-0.39, 0.29) is 6.04 Å². The van der Waals surface area contributed by atoms with Crippen molar-refractivity contribution in [3.63, 3.8) is 0 Å². The molecule has 5 nitrogen and oxygen atoms in total. The molecule has 2 rings (SSSR count). The van der Waals surface area contributed by atoms with Gasteiger partial charge < -0.3 is 5.32 Å². The van der Waals surface area contributed by atoms with E-state index in [0.29, 0.717) is 0 Å². The predicted molar refractivity (Wildman–Crippen MR) is 64.5 cm³/mol. The number of anilines is 1. The summed E-state index contributed by atoms with van der Waals surface area (Å²) in [6.45, 7) is 4.20. The van der Waals surface area contributed by atoms with Crippen LogP contribution in [0.25, 0.3) is 0 Å². The van der Waals surface area contributed by atoms with Gasteiger partial charge in [-0.05, 0) is 13.3 Å². The van der Waals surface area contributed by atoms with Crippen molar-refractivity contribution in [3.8, 4) is 0 Å². The molecule has 0 amide bonds. The van der Waals surface area contributed by atoms with Crippen LogP contribution in [0.4, 0.5) is 5.13 Å². The highest BCUT2D eigenvalue weighted by Gasteiger charge is 2.09. The Kier molecular flexibility index (Phi) is 3.51. The SMILES string of the molecule is CCCc1nsc(NC(C)c2cn[nH]c2)n1. The maximum atomic E-state index is 4.42. The van der Waals surface area contributed by atoms with E-state index in [1.165, 1.54) is 11.5 Å². The highest BCUT2D eigenvalue weighted by Crippen LogP contribution is 2.19. The first-order chi connectivity index (χ1) is 7.79. The number of aromatic nitrogens is 4. The lowest BCUT2D eigenvalue weighted by Gasteiger charge is -2.09. The fourth-order valence-electron chi connectivity index (χ4n) is 1.40. The number of H-pyrrole nitrogens is 1. The van der Waals surface area contributed by atoms with Crippen molar-refractivity contribution in [2.45, 2.75) is 32.7 Å². The lowest BCUT2D eigenvalue weighted by atomic mass is 10.2. The third-order valence-corrected chi connectivity index (χ3v) is 2.99. The molecule has 2 heterocycles. The van der Waals surface area contributed by atoms with E-state index in [4.69, 9.17) is 0 Å². The summed E-state index contributed by atoms with van der Waals surface area (Å²) in [5.41, 5.74) is 1.12. The van der Waals surface area contributed by atoms with Crippen molar-refractivity contribution in [2.24, 2.45) is 0 Å². The Balaban J connectivity index is 1.98. The molecule has 86 valence electrons. The zero-order valence-corrected chi connectivity index (χ0v) is 10.2. The Hall–Kier alpha value is -1.43. The monoisotopic (exact) mass is 237 g/mol. The molecule has 0 fully saturated rings. The molecule has 0 bridgehead atoms. The van der Waals surface area contributed by atoms with Gasteiger partial charge in [-0.2, -0.15) is 9.47 Å². The third-order valence-electron chi connectivity index (χ3n) is 2.30. The Labute approximate surface area is 98.5 Å². The molecule has 0 aliphatic heterocycles. The van der Waals surface area contributed by atoms with Crippen LogP contribution in [0.2, 0.25) is 0 Å². The van der Waals surface area contributed by atoms with E-state index in [2.05, 4.69) is 38.7 Å². The fourth-order valence-corrected chi connectivity index (χ4v) is 2.10. The third kappa shape index (κ3) is 2.57. The molecule has 6 heteroatoms. The first kappa shape index (κ1) is 11.1. The van der Waals surface area contributed by atoms with E-state index in [1.54, 1.807) is 0 Å². The van der Waals surface area contributed by atoms with Gasteiger partial charge in [-0.25, -0.2) is 4.98 Å². The maximum absolute atomic E-state index is 4.42. The summed E-state index contributed by atoms with van der Waals surface area (Å²) in [4.78, 5) is 4.42. The van der Waals surface area contributed by atoms with Crippen molar-refractivity contribution >= 4 is 16.7 Å². The average molecular weight is 237 g/mol. The number of rotatable bonds is 5. The highest BCUT2D eigenvalue weighted by atomic mass is 32.1. The second kappa shape index (κ2) is 5.07. The van der Waals surface area contributed by atoms with Gasteiger partial charge in [0.15, 0.2) is 0 Å². The Morgan fingerprint density at radius 1 is 1.56 bits per heavy atom. The molecule has 2 aromatic rings. The van der Waals surface area contributed by atoms with Gasteiger partial charge in [0.05, 0.1) is 12.2 Å². The summed E-state index contributed by atoms with van der Waals surface area (Å²) in [5.74, 6) is 0.925. The molecule has 2 aromatic heterocycles. The second-order valence-electron chi connectivity index (χ2n) is 3.66. The number of hydrogen-bond acceptors (Lipinski definition) is 5. The van der Waals surface area contributed by atoms with Gasteiger partial charge >= 0.3 is 0 Å². The smallest absolute Gasteiger partial charge is 0.203 e. The van der Waals surface area contributed by atoms with Crippen molar-refractivity contribution in [1.29, 1.82) is 0 Å². The molecule has 2 N–H and O–H groups in total. The van der Waals surface area contributed by atoms with Gasteiger partial charge in [0.1, 0.15) is 5.82 Å². The van der Waals surface area contributed by atoms with Crippen LogP contribution >= 0.6 is 11.5 Å². The summed E-state index contributed by atoms with van der Waals surface area (Å²) < 4.78 is 4.28. The molecule has 0 aliphatic rings. The lowest BCUT2D eigenvalue weighted by molar-refractivity contribution is 0.848. The molecule has 16 heavy (non-hydrogen) atoms. The molecule has 0 aromatic carbocycles. The molecule has 1 atom stereocenters. The summed E-state index contributed by atoms with van der Waals surface area (Å²) in [7, 11) is 0. The van der Waals surface area contributed by atoms with Crippen LogP contribution in [0.1, 0.15) is 37.7 Å². The second-order valence-corrected chi connectivity index (χ2v) is 4.42. The Morgan fingerprint density at radius 3 is 3.12 bits per heavy atom. The molecular weight excluding hydrogens is 222 g/mol. The summed E-state index contributed by atoms with van der Waals surface area (Å²) in [5, 5.41) is 10.9. The van der Waals surface area contributed by atoms with Crippen LogP contribution in [0.5, 0.6) is 0 Å². The number of aryl methyl sites for hydroxylation is 1. The van der Waals surface area contributed by atoms with E-state index in [1.807, 2.05) is 12.4 Å². The number of aromatic amines is 1. The predicted octanol–water partition coefficient (Wildman–Crippen LogP) is 2.39. The van der Waals surface area contributed by atoms with Crippen LogP contribution in [-0.4, -0.2) is 19.6 Å². The van der Waals surface area contributed by atoms with E-state index in [9.17, 15) is 0 Å². The first-order valence-corrected chi connectivity index (χ1v) is 6.14. The first-order valence-electron chi connectivity index (χ1n) is 5.37. The van der Waals surface area contributed by atoms with Crippen LogP contribution in [0, 0.1) is 0 Å². The number of nitrogens with zero attached hydrogens (tertiary/aromatic N) is 3. The van der Waals surface area contributed by atoms with Crippen molar-refractivity contribution in [3.05, 3.63) is 23.8 Å². The number of hydrogen-bond donors (Lipinski definition) is 2. The maximum Gasteiger partial charge on any atom is 0.203 e. The van der Waals surface area contributed by atoms with Crippen molar-refractivity contribution in [1.82, 2.24) is 19.6 Å². The minimum atomic E-state index is 0.196. The minimum Gasteiger partial charge on any atom is -0.354 e. The Bertz CT molecular complexity index is 422. The van der Waals surface area contributed by atoms with Crippen molar-refractivity contribution < 1.29 is 0 Å². The van der Waals surface area contributed by atoms with Crippen LogP contribution in [0.3, 0.4) is 0 Å². The zero-order chi connectivity index (χ0) is 11.4. The van der Waals surface area contributed by atoms with Gasteiger partial charge in [0, 0.05) is 29.7 Å². The van der Waals surface area contributed by atoms with Crippen LogP contribution in [-0.2, 0) is 6.42 Å². The molecule has 0 saturated heterocycles. The summed E-state index contributed by atoms with van der Waals surface area (Å²) >= 11 is 1.41. The van der Waals surface area contributed by atoms with Gasteiger partial charge in [0.2, 0.25) is 5.13 Å². The largest absolute Gasteiger partial charge is 0.354 e. The standard InChI is InChI=1S/C10H15N5S/c1-3-4-9-14-10(16-15-9)13-7(2)8-5-11-12-6-8/h5-7H,3-4H2,1-2H3,(H,11,12)(H,13,14,15). The fraction of sp³-hybridized carbons (Fsp3) is 0.500. The van der Waals surface area contributed by atoms with E-state index < -0.39 is 0 Å². The lowest BCUT2D eigenvalue weighted by Crippen LogP contribution is -2.05. The van der Waals surface area contributed by atoms with Gasteiger partial charge in [0.25, 0.3) is 0 Å². The Morgan fingerprint density at radius 2 is 2.44 bits per heavy atom. The van der Waals surface area contributed by atoms with Gasteiger partial charge in [-0.1, -0.05) is 6.92 Å². The molecule has 0 radical (unpaired) electrons.